The molecule has 0 heterocycles. The molecular weight excluding hydrogens is 238 g/mol. The van der Waals surface area contributed by atoms with Crippen LogP contribution in [0.5, 0.6) is 5.75 Å². The van der Waals surface area contributed by atoms with Crippen LogP contribution in [-0.2, 0) is 15.5 Å². The Labute approximate surface area is 104 Å². The molecule has 1 aromatic carbocycles. The summed E-state index contributed by atoms with van der Waals surface area (Å²) in [4.78, 5) is 0. The first kappa shape index (κ1) is 13.7. The third-order valence-corrected chi connectivity index (χ3v) is 3.30. The van der Waals surface area contributed by atoms with E-state index in [9.17, 15) is 4.21 Å². The summed E-state index contributed by atoms with van der Waals surface area (Å²) in [6.45, 7) is 0.877. The largest absolute Gasteiger partial charge is 0.493 e. The molecule has 1 aromatic rings. The maximum atomic E-state index is 11.4. The summed E-state index contributed by atoms with van der Waals surface area (Å²) in [5.74, 6) is 1.63. The van der Waals surface area contributed by atoms with Crippen molar-refractivity contribution in [2.24, 2.45) is 0 Å². The number of benzene rings is 1. The van der Waals surface area contributed by atoms with Crippen molar-refractivity contribution in [1.29, 1.82) is 5.26 Å². The molecule has 4 nitrogen and oxygen atoms in total. The van der Waals surface area contributed by atoms with Crippen molar-refractivity contribution in [2.45, 2.75) is 0 Å². The normalized spacial score (nSPS) is 11.8. The fourth-order valence-electron chi connectivity index (χ4n) is 1.19. The number of hydrogen-bond donors (Lipinski definition) is 0. The molecule has 0 amide bonds. The lowest BCUT2D eigenvalue weighted by Crippen LogP contribution is -2.13. The van der Waals surface area contributed by atoms with Crippen LogP contribution in [0.25, 0.3) is 0 Å². The molecule has 1 atom stereocenters. The van der Waals surface area contributed by atoms with Gasteiger partial charge in [-0.15, -0.1) is 0 Å². The van der Waals surface area contributed by atoms with Crippen LogP contribution in [0.3, 0.4) is 0 Å². The molecule has 17 heavy (non-hydrogen) atoms. The van der Waals surface area contributed by atoms with Gasteiger partial charge in [0.15, 0.2) is 0 Å². The quantitative estimate of drug-likeness (QED) is 0.735. The molecule has 0 saturated heterocycles. The highest BCUT2D eigenvalue weighted by Crippen LogP contribution is 2.12. The molecule has 0 saturated carbocycles. The monoisotopic (exact) mass is 253 g/mol. The first-order chi connectivity index (χ1) is 8.26. The molecule has 0 bridgehead atoms. The van der Waals surface area contributed by atoms with E-state index in [0.29, 0.717) is 36.0 Å². The number of methoxy groups -OCH3 is 1. The predicted molar refractivity (Wildman–Crippen MR) is 66.4 cm³/mol. The number of hydrogen-bond acceptors (Lipinski definition) is 4. The van der Waals surface area contributed by atoms with Gasteiger partial charge in [-0.1, -0.05) is 6.07 Å². The Morgan fingerprint density at radius 2 is 2.12 bits per heavy atom. The Bertz CT molecular complexity index is 414. The smallest absolute Gasteiger partial charge is 0.120 e. The average Bonchev–Trinajstić information content (AvgIpc) is 2.36. The van der Waals surface area contributed by atoms with Crippen LogP contribution in [0.1, 0.15) is 5.56 Å². The molecule has 0 N–H and O–H groups in total. The molecule has 0 aliphatic carbocycles. The first-order valence-electron chi connectivity index (χ1n) is 5.23. The summed E-state index contributed by atoms with van der Waals surface area (Å²) in [5.41, 5.74) is 0.558. The zero-order chi connectivity index (χ0) is 12.5. The maximum Gasteiger partial charge on any atom is 0.120 e. The number of nitriles is 1. The Hall–Kier alpha value is -1.38. The zero-order valence-electron chi connectivity index (χ0n) is 9.72. The van der Waals surface area contributed by atoms with Gasteiger partial charge in [0.1, 0.15) is 5.75 Å². The van der Waals surface area contributed by atoms with Crippen molar-refractivity contribution in [3.05, 3.63) is 29.8 Å². The maximum absolute atomic E-state index is 11.4. The Morgan fingerprint density at radius 1 is 1.35 bits per heavy atom. The standard InChI is InChI=1S/C12H15NO3S/c1-15-5-7-17(14)8-6-16-12-4-2-3-11(9-12)10-13/h2-4,9H,5-8H2,1H3. The van der Waals surface area contributed by atoms with Crippen molar-refractivity contribution in [1.82, 2.24) is 0 Å². The second kappa shape index (κ2) is 7.82. The van der Waals surface area contributed by atoms with E-state index in [-0.39, 0.29) is 0 Å². The first-order valence-corrected chi connectivity index (χ1v) is 6.72. The van der Waals surface area contributed by atoms with E-state index in [1.807, 2.05) is 6.07 Å². The minimum atomic E-state index is -0.916. The summed E-state index contributed by atoms with van der Waals surface area (Å²) in [6.07, 6.45) is 0. The van der Waals surface area contributed by atoms with Crippen molar-refractivity contribution in [3.8, 4) is 11.8 Å². The summed E-state index contributed by atoms with van der Waals surface area (Å²) in [7, 11) is 0.669. The van der Waals surface area contributed by atoms with E-state index in [1.54, 1.807) is 31.4 Å². The lowest BCUT2D eigenvalue weighted by molar-refractivity contribution is 0.218. The number of ether oxygens (including phenoxy) is 2. The van der Waals surface area contributed by atoms with E-state index < -0.39 is 10.8 Å². The van der Waals surface area contributed by atoms with Crippen LogP contribution in [-0.4, -0.2) is 36.0 Å². The molecular formula is C12H15NO3S. The Kier molecular flexibility index (Phi) is 6.30. The average molecular weight is 253 g/mol. The van der Waals surface area contributed by atoms with Crippen LogP contribution < -0.4 is 4.74 Å². The summed E-state index contributed by atoms with van der Waals surface area (Å²) in [5, 5.41) is 8.70. The minimum Gasteiger partial charge on any atom is -0.493 e. The lowest BCUT2D eigenvalue weighted by atomic mass is 10.2. The number of rotatable bonds is 7. The third kappa shape index (κ3) is 5.48. The summed E-state index contributed by atoms with van der Waals surface area (Å²) in [6, 6.07) is 8.95. The topological polar surface area (TPSA) is 59.3 Å². The van der Waals surface area contributed by atoms with Gasteiger partial charge in [0.2, 0.25) is 0 Å². The molecule has 0 aliphatic heterocycles. The molecule has 92 valence electrons. The van der Waals surface area contributed by atoms with E-state index in [0.717, 1.165) is 0 Å². The third-order valence-electron chi connectivity index (χ3n) is 2.06. The number of nitrogens with zero attached hydrogens (tertiary/aromatic N) is 1. The predicted octanol–water partition coefficient (Wildman–Crippen LogP) is 1.33. The van der Waals surface area contributed by atoms with Crippen molar-refractivity contribution >= 4 is 10.8 Å². The highest BCUT2D eigenvalue weighted by atomic mass is 32.2. The molecule has 0 fully saturated rings. The summed E-state index contributed by atoms with van der Waals surface area (Å²) < 4.78 is 21.7. The van der Waals surface area contributed by atoms with Crippen molar-refractivity contribution in [2.75, 3.05) is 31.8 Å². The van der Waals surface area contributed by atoms with Crippen molar-refractivity contribution < 1.29 is 13.7 Å². The van der Waals surface area contributed by atoms with E-state index in [1.165, 1.54) is 0 Å². The van der Waals surface area contributed by atoms with Gasteiger partial charge in [-0.3, -0.25) is 4.21 Å². The van der Waals surface area contributed by atoms with Gasteiger partial charge in [-0.2, -0.15) is 5.26 Å². The fraction of sp³-hybridized carbons (Fsp3) is 0.417. The molecule has 0 aliphatic rings. The molecule has 5 heteroatoms. The zero-order valence-corrected chi connectivity index (χ0v) is 10.5. The second-order valence-corrected chi connectivity index (χ2v) is 5.03. The molecule has 0 spiro atoms. The Balaban J connectivity index is 2.31. The molecule has 0 radical (unpaired) electrons. The van der Waals surface area contributed by atoms with Gasteiger partial charge in [0, 0.05) is 23.7 Å². The van der Waals surface area contributed by atoms with Crippen LogP contribution in [0, 0.1) is 11.3 Å². The highest BCUT2D eigenvalue weighted by molar-refractivity contribution is 7.85. The molecule has 1 rings (SSSR count). The molecule has 1 unspecified atom stereocenters. The van der Waals surface area contributed by atoms with Crippen LogP contribution in [0.2, 0.25) is 0 Å². The van der Waals surface area contributed by atoms with Gasteiger partial charge in [-0.05, 0) is 18.2 Å². The van der Waals surface area contributed by atoms with Crippen LogP contribution >= 0.6 is 0 Å². The van der Waals surface area contributed by atoms with E-state index >= 15 is 0 Å². The van der Waals surface area contributed by atoms with Crippen LogP contribution in [0.15, 0.2) is 24.3 Å². The SMILES string of the molecule is COCCS(=O)CCOc1cccc(C#N)c1. The lowest BCUT2D eigenvalue weighted by Gasteiger charge is -2.06. The van der Waals surface area contributed by atoms with E-state index in [2.05, 4.69) is 0 Å². The van der Waals surface area contributed by atoms with E-state index in [4.69, 9.17) is 14.7 Å². The van der Waals surface area contributed by atoms with Gasteiger partial charge in [0.25, 0.3) is 0 Å². The fourth-order valence-corrected chi connectivity index (χ4v) is 2.01. The second-order valence-electron chi connectivity index (χ2n) is 3.33. The molecule has 0 aromatic heterocycles. The van der Waals surface area contributed by atoms with Gasteiger partial charge in [0.05, 0.1) is 30.6 Å². The van der Waals surface area contributed by atoms with Gasteiger partial charge in [-0.25, -0.2) is 0 Å². The van der Waals surface area contributed by atoms with Gasteiger partial charge < -0.3 is 9.47 Å². The van der Waals surface area contributed by atoms with Crippen molar-refractivity contribution in [3.63, 3.8) is 0 Å². The minimum absolute atomic E-state index is 0.380. The highest BCUT2D eigenvalue weighted by Gasteiger charge is 2.01. The summed E-state index contributed by atoms with van der Waals surface area (Å²) >= 11 is 0. The van der Waals surface area contributed by atoms with Gasteiger partial charge >= 0.3 is 0 Å². The Morgan fingerprint density at radius 3 is 2.82 bits per heavy atom. The van der Waals surface area contributed by atoms with Crippen LogP contribution in [0.4, 0.5) is 0 Å².